The van der Waals surface area contributed by atoms with Gasteiger partial charge >= 0.3 is 12.1 Å². The number of hydrogen-bond acceptors (Lipinski definition) is 8. The topological polar surface area (TPSA) is 104 Å². The van der Waals surface area contributed by atoms with Crippen LogP contribution in [0.5, 0.6) is 17.2 Å². The smallest absolute Gasteiger partial charge is 0.412 e. The number of carbonyl (C=O) groups is 2. The zero-order chi connectivity index (χ0) is 23.7. The minimum Gasteiger partial charge on any atom is -0.493 e. The average molecular weight is 447 g/mol. The van der Waals surface area contributed by atoms with Crippen molar-refractivity contribution in [3.05, 3.63) is 53.6 Å². The van der Waals surface area contributed by atoms with E-state index in [4.69, 9.17) is 28.8 Å². The summed E-state index contributed by atoms with van der Waals surface area (Å²) in [5, 5.41) is 9.01. The Bertz CT molecular complexity index is 892. The normalized spacial score (nSPS) is 12.3. The molecule has 1 amide bonds. The second kappa shape index (κ2) is 11.2. The van der Waals surface area contributed by atoms with Gasteiger partial charge in [-0.2, -0.15) is 0 Å². The summed E-state index contributed by atoms with van der Waals surface area (Å²) in [7, 11) is 5.90. The maximum atomic E-state index is 12.9. The molecule has 0 heterocycles. The maximum absolute atomic E-state index is 12.9. The fourth-order valence-electron chi connectivity index (χ4n) is 3.46. The van der Waals surface area contributed by atoms with Crippen LogP contribution in [0.4, 0.5) is 4.79 Å². The molecule has 2 aromatic carbocycles. The van der Waals surface area contributed by atoms with E-state index < -0.39 is 24.4 Å². The van der Waals surface area contributed by atoms with Crippen LogP contribution in [0.2, 0.25) is 0 Å². The lowest BCUT2D eigenvalue weighted by molar-refractivity contribution is -0.0204. The summed E-state index contributed by atoms with van der Waals surface area (Å²) in [5.74, 6) is 0.340. The lowest BCUT2D eigenvalue weighted by Gasteiger charge is -2.40. The Balaban J connectivity index is 2.39. The monoisotopic (exact) mass is 447 g/mol. The third kappa shape index (κ3) is 5.05. The Labute approximate surface area is 187 Å². The molecule has 0 radical (unpaired) electrons. The van der Waals surface area contributed by atoms with Crippen LogP contribution >= 0.6 is 0 Å². The van der Waals surface area contributed by atoms with Crippen LogP contribution < -0.4 is 14.2 Å². The Morgan fingerprint density at radius 3 is 2.03 bits per heavy atom. The van der Waals surface area contributed by atoms with Gasteiger partial charge < -0.3 is 28.8 Å². The lowest BCUT2D eigenvalue weighted by Crippen LogP contribution is -2.50. The fraction of sp³-hybridized carbons (Fsp3) is 0.391. The van der Waals surface area contributed by atoms with Crippen LogP contribution in [-0.2, 0) is 15.0 Å². The van der Waals surface area contributed by atoms with E-state index in [0.717, 1.165) is 5.56 Å². The molecular weight excluding hydrogens is 418 g/mol. The van der Waals surface area contributed by atoms with Crippen LogP contribution in [0.15, 0.2) is 42.5 Å². The van der Waals surface area contributed by atoms with Crippen molar-refractivity contribution in [1.29, 1.82) is 0 Å². The van der Waals surface area contributed by atoms with E-state index in [0.29, 0.717) is 23.7 Å². The number of rotatable bonds is 10. The molecule has 9 heteroatoms. The number of aliphatic hydroxyl groups is 1. The molecular formula is C23H29NO8. The second-order valence-corrected chi connectivity index (χ2v) is 6.84. The molecule has 0 aliphatic carbocycles. The summed E-state index contributed by atoms with van der Waals surface area (Å²) >= 11 is 0. The average Bonchev–Trinajstić information content (AvgIpc) is 2.84. The minimum atomic E-state index is -1.02. The van der Waals surface area contributed by atoms with E-state index >= 15 is 0 Å². The molecule has 0 unspecified atom stereocenters. The molecule has 9 nitrogen and oxygen atoms in total. The quantitative estimate of drug-likeness (QED) is 0.438. The Morgan fingerprint density at radius 1 is 0.969 bits per heavy atom. The molecule has 0 aromatic heterocycles. The first-order chi connectivity index (χ1) is 15.4. The van der Waals surface area contributed by atoms with Crippen molar-refractivity contribution in [2.75, 3.05) is 41.8 Å². The number of methoxy groups -OCH3 is 3. The SMILES string of the molecule is CC[C@](COC(=O)c1cc(OC)c(OC)c(OC)c1)(c1ccccc1)N(C)C(=O)OCO. The zero-order valence-corrected chi connectivity index (χ0v) is 18.9. The summed E-state index contributed by atoms with van der Waals surface area (Å²) < 4.78 is 26.3. The van der Waals surface area contributed by atoms with Gasteiger partial charge in [0.25, 0.3) is 0 Å². The molecule has 174 valence electrons. The minimum absolute atomic E-state index is 0.153. The highest BCUT2D eigenvalue weighted by Crippen LogP contribution is 2.39. The number of likely N-dealkylation sites (N-methyl/N-ethyl adjacent to an activating group) is 1. The highest BCUT2D eigenvalue weighted by atomic mass is 16.6. The van der Waals surface area contributed by atoms with Crippen molar-refractivity contribution in [1.82, 2.24) is 4.90 Å². The first-order valence-electron chi connectivity index (χ1n) is 9.92. The maximum Gasteiger partial charge on any atom is 0.412 e. The molecule has 0 fully saturated rings. The lowest BCUT2D eigenvalue weighted by atomic mass is 9.86. The third-order valence-electron chi connectivity index (χ3n) is 5.34. The van der Waals surface area contributed by atoms with Crippen molar-refractivity contribution >= 4 is 12.1 Å². The number of carbonyl (C=O) groups excluding carboxylic acids is 2. The number of nitrogens with zero attached hydrogens (tertiary/aromatic N) is 1. The predicted octanol–water partition coefficient (Wildman–Crippen LogP) is 3.19. The van der Waals surface area contributed by atoms with Gasteiger partial charge in [-0.1, -0.05) is 37.3 Å². The number of hydrogen-bond donors (Lipinski definition) is 1. The van der Waals surface area contributed by atoms with E-state index in [1.165, 1.54) is 45.4 Å². The third-order valence-corrected chi connectivity index (χ3v) is 5.34. The van der Waals surface area contributed by atoms with Crippen LogP contribution in [0, 0.1) is 0 Å². The molecule has 0 saturated heterocycles. The van der Waals surface area contributed by atoms with Crippen molar-refractivity contribution in [3.8, 4) is 17.2 Å². The number of benzene rings is 2. The van der Waals surface area contributed by atoms with Crippen molar-refractivity contribution in [2.24, 2.45) is 0 Å². The number of aliphatic hydroxyl groups excluding tert-OH is 1. The molecule has 2 rings (SSSR count). The summed E-state index contributed by atoms with van der Waals surface area (Å²) in [6.07, 6.45) is -0.335. The van der Waals surface area contributed by atoms with E-state index in [1.807, 2.05) is 37.3 Å². The van der Waals surface area contributed by atoms with E-state index in [-0.39, 0.29) is 12.2 Å². The van der Waals surface area contributed by atoms with Gasteiger partial charge in [-0.15, -0.1) is 0 Å². The standard InChI is InChI=1S/C23H29NO8/c1-6-23(17-10-8-7-9-11-17,24(2)22(27)32-15-25)14-31-21(26)16-12-18(28-3)20(30-5)19(13-16)29-4/h7-13,25H,6,14-15H2,1-5H3/t23-/m0/s1. The van der Waals surface area contributed by atoms with E-state index in [2.05, 4.69) is 0 Å². The highest BCUT2D eigenvalue weighted by Gasteiger charge is 2.40. The summed E-state index contributed by atoms with van der Waals surface area (Å²) in [6, 6.07) is 12.1. The molecule has 0 aliphatic rings. The molecule has 0 saturated carbocycles. The van der Waals surface area contributed by atoms with Crippen molar-refractivity contribution in [3.63, 3.8) is 0 Å². The number of esters is 1. The van der Waals surface area contributed by atoms with Gasteiger partial charge in [0.1, 0.15) is 12.1 Å². The van der Waals surface area contributed by atoms with Gasteiger partial charge in [-0.3, -0.25) is 4.90 Å². The van der Waals surface area contributed by atoms with Gasteiger partial charge in [0.2, 0.25) is 5.75 Å². The Hall–Kier alpha value is -3.46. The molecule has 32 heavy (non-hydrogen) atoms. The fourth-order valence-corrected chi connectivity index (χ4v) is 3.46. The van der Waals surface area contributed by atoms with Gasteiger partial charge in [-0.25, -0.2) is 9.59 Å². The zero-order valence-electron chi connectivity index (χ0n) is 18.9. The first kappa shape index (κ1) is 24.8. The molecule has 0 spiro atoms. The van der Waals surface area contributed by atoms with Gasteiger partial charge in [-0.05, 0) is 24.1 Å². The van der Waals surface area contributed by atoms with Crippen molar-refractivity contribution in [2.45, 2.75) is 18.9 Å². The van der Waals surface area contributed by atoms with Crippen LogP contribution in [0.25, 0.3) is 0 Å². The number of amides is 1. The van der Waals surface area contributed by atoms with Crippen LogP contribution in [0.1, 0.15) is 29.3 Å². The highest BCUT2D eigenvalue weighted by molar-refractivity contribution is 5.91. The van der Waals surface area contributed by atoms with Crippen LogP contribution in [0.3, 0.4) is 0 Å². The van der Waals surface area contributed by atoms with E-state index in [1.54, 1.807) is 0 Å². The summed E-state index contributed by atoms with van der Waals surface area (Å²) in [4.78, 5) is 26.7. The molecule has 1 atom stereocenters. The largest absolute Gasteiger partial charge is 0.493 e. The first-order valence-corrected chi connectivity index (χ1v) is 9.92. The Kier molecular flexibility index (Phi) is 8.71. The molecule has 2 aromatic rings. The molecule has 0 bridgehead atoms. The van der Waals surface area contributed by atoms with Gasteiger partial charge in [0.15, 0.2) is 18.3 Å². The van der Waals surface area contributed by atoms with E-state index in [9.17, 15) is 9.59 Å². The van der Waals surface area contributed by atoms with Gasteiger partial charge in [0.05, 0.1) is 26.9 Å². The van der Waals surface area contributed by atoms with Crippen LogP contribution in [-0.4, -0.2) is 63.8 Å². The Morgan fingerprint density at radius 2 is 1.56 bits per heavy atom. The predicted molar refractivity (Wildman–Crippen MR) is 116 cm³/mol. The number of ether oxygens (including phenoxy) is 5. The molecule has 0 aliphatic heterocycles. The second-order valence-electron chi connectivity index (χ2n) is 6.84. The summed E-state index contributed by atoms with van der Waals surface area (Å²) in [5.41, 5.74) is -0.0835. The molecule has 1 N–H and O–H groups in total. The van der Waals surface area contributed by atoms with Crippen molar-refractivity contribution < 1.29 is 38.4 Å². The summed E-state index contributed by atoms with van der Waals surface area (Å²) in [6.45, 7) is 0.950. The van der Waals surface area contributed by atoms with Gasteiger partial charge in [0, 0.05) is 7.05 Å².